The van der Waals surface area contributed by atoms with Gasteiger partial charge in [-0.3, -0.25) is 4.79 Å². The Morgan fingerprint density at radius 1 is 0.960 bits per heavy atom. The van der Waals surface area contributed by atoms with E-state index in [4.69, 9.17) is 9.47 Å². The molecule has 4 rings (SSSR count). The lowest BCUT2D eigenvalue weighted by atomic mass is 9.97. The number of benzene rings is 2. The first-order valence-electron chi connectivity index (χ1n) is 8.49. The van der Waals surface area contributed by atoms with Crippen LogP contribution in [0.1, 0.15) is 39.9 Å². The second kappa shape index (κ2) is 6.06. The minimum absolute atomic E-state index is 0.166. The molecule has 2 aliphatic carbocycles. The van der Waals surface area contributed by atoms with Gasteiger partial charge in [0.1, 0.15) is 5.82 Å². The Balaban J connectivity index is 1.78. The van der Waals surface area contributed by atoms with Crippen LogP contribution in [0.2, 0.25) is 0 Å². The molecule has 2 aromatic rings. The molecule has 0 unspecified atom stereocenters. The van der Waals surface area contributed by atoms with E-state index in [1.54, 1.807) is 19.2 Å². The van der Waals surface area contributed by atoms with Crippen LogP contribution in [0.3, 0.4) is 0 Å². The second-order valence-corrected chi connectivity index (χ2v) is 6.60. The van der Waals surface area contributed by atoms with E-state index in [1.165, 1.54) is 13.2 Å². The van der Waals surface area contributed by atoms with Gasteiger partial charge in [0.05, 0.1) is 19.9 Å². The third-order valence-corrected chi connectivity index (χ3v) is 4.89. The highest BCUT2D eigenvalue weighted by Crippen LogP contribution is 2.36. The van der Waals surface area contributed by atoms with Crippen molar-refractivity contribution < 1.29 is 18.7 Å². The number of carbonyl (C=O) groups is 1. The molecule has 2 aliphatic rings. The van der Waals surface area contributed by atoms with Crippen LogP contribution in [0.4, 0.5) is 10.1 Å². The molecule has 1 saturated carbocycles. The number of anilines is 1. The summed E-state index contributed by atoms with van der Waals surface area (Å²) in [5, 5.41) is 3.20. The van der Waals surface area contributed by atoms with Crippen molar-refractivity contribution in [2.75, 3.05) is 19.5 Å². The summed E-state index contributed by atoms with van der Waals surface area (Å²) in [5.74, 6) is 0.566. The molecule has 0 aliphatic heterocycles. The van der Waals surface area contributed by atoms with Gasteiger partial charge in [-0.2, -0.15) is 0 Å². The smallest absolute Gasteiger partial charge is 0.193 e. The molecule has 0 heterocycles. The van der Waals surface area contributed by atoms with Crippen LogP contribution >= 0.6 is 0 Å². The Labute approximate surface area is 146 Å². The van der Waals surface area contributed by atoms with Gasteiger partial charge >= 0.3 is 0 Å². The van der Waals surface area contributed by atoms with Crippen LogP contribution < -0.4 is 14.8 Å². The van der Waals surface area contributed by atoms with E-state index in [-0.39, 0.29) is 11.6 Å². The Hall–Kier alpha value is -2.56. The number of halogens is 1. The number of methoxy groups -OCH3 is 2. The zero-order valence-corrected chi connectivity index (χ0v) is 14.3. The molecule has 1 N–H and O–H groups in total. The quantitative estimate of drug-likeness (QED) is 0.920. The van der Waals surface area contributed by atoms with Crippen molar-refractivity contribution in [3.05, 3.63) is 52.3 Å². The van der Waals surface area contributed by atoms with Crippen molar-refractivity contribution in [1.82, 2.24) is 0 Å². The molecule has 0 bridgehead atoms. The van der Waals surface area contributed by atoms with Gasteiger partial charge in [0, 0.05) is 17.2 Å². The average molecular weight is 341 g/mol. The van der Waals surface area contributed by atoms with E-state index in [1.807, 2.05) is 6.07 Å². The molecule has 130 valence electrons. The number of ketones is 1. The number of fused-ring (bicyclic) bond motifs is 2. The van der Waals surface area contributed by atoms with Gasteiger partial charge < -0.3 is 14.8 Å². The Morgan fingerprint density at radius 3 is 2.20 bits per heavy atom. The number of aryl methyl sites for hydroxylation is 2. The molecule has 0 radical (unpaired) electrons. The maximum absolute atomic E-state index is 14.5. The third-order valence-electron chi connectivity index (χ3n) is 4.89. The highest BCUT2D eigenvalue weighted by molar-refractivity contribution is 6.12. The number of carbonyl (C=O) groups excluding carboxylic acids is 1. The van der Waals surface area contributed by atoms with Crippen LogP contribution in [-0.4, -0.2) is 26.0 Å². The van der Waals surface area contributed by atoms with Gasteiger partial charge in [-0.25, -0.2) is 4.39 Å². The monoisotopic (exact) mass is 341 g/mol. The number of hydrogen-bond donors (Lipinski definition) is 1. The fourth-order valence-corrected chi connectivity index (χ4v) is 3.35. The number of ether oxygens (including phenoxy) is 2. The predicted molar refractivity (Wildman–Crippen MR) is 93.4 cm³/mol. The van der Waals surface area contributed by atoms with E-state index in [9.17, 15) is 9.18 Å². The van der Waals surface area contributed by atoms with Gasteiger partial charge in [-0.1, -0.05) is 0 Å². The summed E-state index contributed by atoms with van der Waals surface area (Å²) in [7, 11) is 3.11. The average Bonchev–Trinajstić information content (AvgIpc) is 3.44. The molecule has 1 fully saturated rings. The van der Waals surface area contributed by atoms with E-state index in [0.29, 0.717) is 47.2 Å². The highest BCUT2D eigenvalue weighted by atomic mass is 19.1. The van der Waals surface area contributed by atoms with Crippen molar-refractivity contribution in [2.24, 2.45) is 0 Å². The van der Waals surface area contributed by atoms with E-state index in [2.05, 4.69) is 5.32 Å². The lowest BCUT2D eigenvalue weighted by Crippen LogP contribution is -2.09. The van der Waals surface area contributed by atoms with E-state index < -0.39 is 0 Å². The lowest BCUT2D eigenvalue weighted by molar-refractivity contribution is 0.103. The normalized spacial score (nSPS) is 15.9. The van der Waals surface area contributed by atoms with Gasteiger partial charge in [-0.15, -0.1) is 0 Å². The zero-order chi connectivity index (χ0) is 17.6. The topological polar surface area (TPSA) is 47.6 Å². The minimum Gasteiger partial charge on any atom is -0.493 e. The molecular formula is C20H20FNO3. The first-order chi connectivity index (χ1) is 12.1. The van der Waals surface area contributed by atoms with E-state index >= 15 is 0 Å². The largest absolute Gasteiger partial charge is 0.493 e. The minimum atomic E-state index is -0.372. The van der Waals surface area contributed by atoms with Crippen molar-refractivity contribution >= 4 is 11.5 Å². The Morgan fingerprint density at radius 2 is 1.56 bits per heavy atom. The Bertz CT molecular complexity index is 859. The van der Waals surface area contributed by atoms with Gasteiger partial charge in [0.15, 0.2) is 17.3 Å². The predicted octanol–water partition coefficient (Wildman–Crippen LogP) is 3.75. The lowest BCUT2D eigenvalue weighted by Gasteiger charge is -2.13. The maximum atomic E-state index is 14.5. The van der Waals surface area contributed by atoms with Crippen molar-refractivity contribution in [1.29, 1.82) is 0 Å². The summed E-state index contributed by atoms with van der Waals surface area (Å²) in [6.07, 6.45) is 3.52. The summed E-state index contributed by atoms with van der Waals surface area (Å²) >= 11 is 0. The van der Waals surface area contributed by atoms with Crippen molar-refractivity contribution in [3.8, 4) is 11.5 Å². The number of rotatable bonds is 4. The first-order valence-corrected chi connectivity index (χ1v) is 8.49. The van der Waals surface area contributed by atoms with Gasteiger partial charge in [0.25, 0.3) is 0 Å². The molecule has 4 nitrogen and oxygen atoms in total. The van der Waals surface area contributed by atoms with Crippen molar-refractivity contribution in [2.45, 2.75) is 31.7 Å². The molecule has 5 heteroatoms. The fourth-order valence-electron chi connectivity index (χ4n) is 3.35. The molecule has 25 heavy (non-hydrogen) atoms. The fraction of sp³-hybridized carbons (Fsp3) is 0.350. The van der Waals surface area contributed by atoms with E-state index in [0.717, 1.165) is 24.0 Å². The standard InChI is InChI=1S/C20H20FNO3/c1-24-18-8-12-4-3-11-7-17(22-13-5-6-13)16(21)9-14(11)20(23)15(12)10-19(18)25-2/h7-10,13,22H,3-6H2,1-2H3. The number of nitrogens with one attached hydrogen (secondary N) is 1. The molecular weight excluding hydrogens is 321 g/mol. The first kappa shape index (κ1) is 15.9. The highest BCUT2D eigenvalue weighted by Gasteiger charge is 2.27. The maximum Gasteiger partial charge on any atom is 0.193 e. The van der Waals surface area contributed by atoms with Crippen molar-refractivity contribution in [3.63, 3.8) is 0 Å². The molecule has 2 aromatic carbocycles. The third kappa shape index (κ3) is 2.84. The summed E-state index contributed by atoms with van der Waals surface area (Å²) in [4.78, 5) is 13.0. The summed E-state index contributed by atoms with van der Waals surface area (Å²) in [5.41, 5.74) is 3.26. The number of hydrogen-bond acceptors (Lipinski definition) is 4. The zero-order valence-electron chi connectivity index (χ0n) is 14.3. The molecule has 0 amide bonds. The van der Waals surface area contributed by atoms with Crippen LogP contribution in [-0.2, 0) is 12.8 Å². The van der Waals surface area contributed by atoms with Gasteiger partial charge in [-0.05, 0) is 61.1 Å². The molecule has 0 atom stereocenters. The molecule has 0 aromatic heterocycles. The summed E-state index contributed by atoms with van der Waals surface area (Å²) in [6, 6.07) is 7.06. The molecule has 0 spiro atoms. The second-order valence-electron chi connectivity index (χ2n) is 6.60. The van der Waals surface area contributed by atoms with Crippen LogP contribution in [0, 0.1) is 5.82 Å². The summed E-state index contributed by atoms with van der Waals surface area (Å²) in [6.45, 7) is 0. The SMILES string of the molecule is COc1cc2c(cc1OC)C(=O)c1cc(F)c(NC3CC3)cc1CC2. The van der Waals surface area contributed by atoms with Gasteiger partial charge in [0.2, 0.25) is 0 Å². The van der Waals surface area contributed by atoms with Crippen LogP contribution in [0.15, 0.2) is 24.3 Å². The van der Waals surface area contributed by atoms with Crippen LogP contribution in [0.5, 0.6) is 11.5 Å². The Kier molecular flexibility index (Phi) is 3.86. The van der Waals surface area contributed by atoms with Crippen LogP contribution in [0.25, 0.3) is 0 Å². The molecule has 0 saturated heterocycles. The summed E-state index contributed by atoms with van der Waals surface area (Å²) < 4.78 is 25.1.